The molecule has 6 heteroatoms. The van der Waals surface area contributed by atoms with Crippen LogP contribution in [0.25, 0.3) is 0 Å². The molecule has 0 aromatic heterocycles. The van der Waals surface area contributed by atoms with Gasteiger partial charge in [0.05, 0.1) is 13.7 Å². The van der Waals surface area contributed by atoms with Gasteiger partial charge in [-0.2, -0.15) is 5.10 Å². The molecule has 0 saturated heterocycles. The van der Waals surface area contributed by atoms with Crippen LogP contribution < -0.4 is 4.74 Å². The van der Waals surface area contributed by atoms with Gasteiger partial charge in [0.25, 0.3) is 0 Å². The van der Waals surface area contributed by atoms with E-state index in [-0.39, 0.29) is 31.0 Å². The minimum absolute atomic E-state index is 0.00879. The highest BCUT2D eigenvalue weighted by atomic mass is 16.5. The standard InChI is InChI=1S/C13H14N2O4/c1-19-11-5-3-2-4-9(11)8-15-12(16)7-6-10(14-15)13(17)18/h2-5H,6-8H2,1H3,(H,17,18). The number of nitrogens with zero attached hydrogens (tertiary/aromatic N) is 2. The Labute approximate surface area is 110 Å². The van der Waals surface area contributed by atoms with Crippen molar-refractivity contribution in [1.29, 1.82) is 0 Å². The van der Waals surface area contributed by atoms with Crippen LogP contribution in [0.5, 0.6) is 5.75 Å². The van der Waals surface area contributed by atoms with E-state index < -0.39 is 5.97 Å². The molecule has 1 aromatic carbocycles. The molecule has 0 radical (unpaired) electrons. The summed E-state index contributed by atoms with van der Waals surface area (Å²) in [5.74, 6) is -0.624. The van der Waals surface area contributed by atoms with Crippen LogP contribution in [0.2, 0.25) is 0 Å². The molecule has 100 valence electrons. The van der Waals surface area contributed by atoms with E-state index in [4.69, 9.17) is 9.84 Å². The van der Waals surface area contributed by atoms with E-state index in [1.165, 1.54) is 5.01 Å². The predicted molar refractivity (Wildman–Crippen MR) is 67.8 cm³/mol. The Morgan fingerprint density at radius 1 is 1.42 bits per heavy atom. The third kappa shape index (κ3) is 2.90. The second-order valence-electron chi connectivity index (χ2n) is 4.12. The topological polar surface area (TPSA) is 79.2 Å². The quantitative estimate of drug-likeness (QED) is 0.885. The van der Waals surface area contributed by atoms with Crippen molar-refractivity contribution in [3.8, 4) is 5.75 Å². The number of hydrogen-bond acceptors (Lipinski definition) is 4. The predicted octanol–water partition coefficient (Wildman–Crippen LogP) is 1.26. The fourth-order valence-corrected chi connectivity index (χ4v) is 1.87. The van der Waals surface area contributed by atoms with Gasteiger partial charge in [-0.1, -0.05) is 18.2 Å². The van der Waals surface area contributed by atoms with Gasteiger partial charge in [0.2, 0.25) is 5.91 Å². The molecule has 0 unspecified atom stereocenters. The lowest BCUT2D eigenvalue weighted by Crippen LogP contribution is -2.33. The van der Waals surface area contributed by atoms with Crippen LogP contribution in [-0.2, 0) is 16.1 Å². The number of carbonyl (C=O) groups is 2. The van der Waals surface area contributed by atoms with E-state index in [9.17, 15) is 9.59 Å². The van der Waals surface area contributed by atoms with Gasteiger partial charge in [0.15, 0.2) is 0 Å². The van der Waals surface area contributed by atoms with Crippen molar-refractivity contribution in [3.05, 3.63) is 29.8 Å². The van der Waals surface area contributed by atoms with Gasteiger partial charge in [-0.25, -0.2) is 9.80 Å². The molecule has 19 heavy (non-hydrogen) atoms. The summed E-state index contributed by atoms with van der Waals surface area (Å²) in [5, 5.41) is 14.0. The van der Waals surface area contributed by atoms with Crippen molar-refractivity contribution >= 4 is 17.6 Å². The van der Waals surface area contributed by atoms with Crippen LogP contribution in [0.1, 0.15) is 18.4 Å². The number of hydrogen-bond donors (Lipinski definition) is 1. The molecule has 0 fully saturated rings. The largest absolute Gasteiger partial charge is 0.496 e. The van der Waals surface area contributed by atoms with Crippen molar-refractivity contribution < 1.29 is 19.4 Å². The fraction of sp³-hybridized carbons (Fsp3) is 0.308. The van der Waals surface area contributed by atoms with Gasteiger partial charge in [-0.05, 0) is 6.07 Å². The Bertz CT molecular complexity index is 539. The van der Waals surface area contributed by atoms with Crippen LogP contribution in [0.3, 0.4) is 0 Å². The van der Waals surface area contributed by atoms with E-state index in [0.717, 1.165) is 5.56 Å². The van der Waals surface area contributed by atoms with Crippen molar-refractivity contribution in [2.75, 3.05) is 7.11 Å². The van der Waals surface area contributed by atoms with Crippen LogP contribution in [0.4, 0.5) is 0 Å². The lowest BCUT2D eigenvalue weighted by atomic mass is 10.1. The average molecular weight is 262 g/mol. The molecule has 0 bridgehead atoms. The molecule has 0 spiro atoms. The van der Waals surface area contributed by atoms with Gasteiger partial charge >= 0.3 is 5.97 Å². The normalized spacial score (nSPS) is 15.1. The third-order valence-corrected chi connectivity index (χ3v) is 2.86. The number of rotatable bonds is 4. The molecule has 1 aliphatic rings. The number of para-hydroxylation sites is 1. The molecule has 6 nitrogen and oxygen atoms in total. The zero-order valence-electron chi connectivity index (χ0n) is 10.5. The van der Waals surface area contributed by atoms with Crippen molar-refractivity contribution in [3.63, 3.8) is 0 Å². The van der Waals surface area contributed by atoms with Crippen LogP contribution in [-0.4, -0.2) is 34.8 Å². The summed E-state index contributed by atoms with van der Waals surface area (Å²) in [5.41, 5.74) is 0.795. The van der Waals surface area contributed by atoms with Crippen LogP contribution in [0.15, 0.2) is 29.4 Å². The summed E-state index contributed by atoms with van der Waals surface area (Å²) in [6.07, 6.45) is 0.344. The zero-order chi connectivity index (χ0) is 13.8. The van der Waals surface area contributed by atoms with Gasteiger partial charge < -0.3 is 9.84 Å². The van der Waals surface area contributed by atoms with E-state index in [1.54, 1.807) is 13.2 Å². The summed E-state index contributed by atoms with van der Waals surface area (Å²) < 4.78 is 5.19. The molecule has 2 rings (SSSR count). The molecule has 1 amide bonds. The molecule has 1 aliphatic heterocycles. The lowest BCUT2D eigenvalue weighted by Gasteiger charge is -2.22. The first-order chi connectivity index (χ1) is 9.11. The number of methoxy groups -OCH3 is 1. The third-order valence-electron chi connectivity index (χ3n) is 2.86. The Kier molecular flexibility index (Phi) is 3.79. The fourth-order valence-electron chi connectivity index (χ4n) is 1.87. The summed E-state index contributed by atoms with van der Waals surface area (Å²) in [7, 11) is 1.54. The molecule has 1 N–H and O–H groups in total. The Balaban J connectivity index is 2.23. The average Bonchev–Trinajstić information content (AvgIpc) is 2.41. The molecule has 1 heterocycles. The van der Waals surface area contributed by atoms with Crippen LogP contribution >= 0.6 is 0 Å². The van der Waals surface area contributed by atoms with Crippen molar-refractivity contribution in [2.24, 2.45) is 5.10 Å². The SMILES string of the molecule is COc1ccccc1CN1N=C(C(=O)O)CCC1=O. The Morgan fingerprint density at radius 2 is 2.16 bits per heavy atom. The number of carboxylic acid groups (broad SMARTS) is 1. The first-order valence-electron chi connectivity index (χ1n) is 5.85. The van der Waals surface area contributed by atoms with E-state index in [0.29, 0.717) is 5.75 Å². The number of benzene rings is 1. The maximum absolute atomic E-state index is 11.8. The Morgan fingerprint density at radius 3 is 2.84 bits per heavy atom. The maximum atomic E-state index is 11.8. The second-order valence-corrected chi connectivity index (χ2v) is 4.12. The van der Waals surface area contributed by atoms with E-state index in [2.05, 4.69) is 5.10 Å². The molecular weight excluding hydrogens is 248 g/mol. The lowest BCUT2D eigenvalue weighted by molar-refractivity contribution is -0.133. The summed E-state index contributed by atoms with van der Waals surface area (Å²) in [6.45, 7) is 0.208. The Hall–Kier alpha value is -2.37. The number of carbonyl (C=O) groups excluding carboxylic acids is 1. The molecule has 1 aromatic rings. The minimum Gasteiger partial charge on any atom is -0.496 e. The summed E-state index contributed by atoms with van der Waals surface area (Å²) in [6, 6.07) is 7.25. The van der Waals surface area contributed by atoms with Gasteiger partial charge in [0, 0.05) is 18.4 Å². The molecule has 0 saturated carbocycles. The van der Waals surface area contributed by atoms with Gasteiger partial charge in [0.1, 0.15) is 11.5 Å². The maximum Gasteiger partial charge on any atom is 0.352 e. The highest BCUT2D eigenvalue weighted by Gasteiger charge is 2.24. The minimum atomic E-state index is -1.09. The molecular formula is C13H14N2O4. The van der Waals surface area contributed by atoms with Crippen molar-refractivity contribution in [1.82, 2.24) is 5.01 Å². The summed E-state index contributed by atoms with van der Waals surface area (Å²) >= 11 is 0. The monoisotopic (exact) mass is 262 g/mol. The first kappa shape index (κ1) is 13.1. The molecule has 0 atom stereocenters. The number of hydrazone groups is 1. The van der Waals surface area contributed by atoms with Gasteiger partial charge in [-0.15, -0.1) is 0 Å². The van der Waals surface area contributed by atoms with Crippen molar-refractivity contribution in [2.45, 2.75) is 19.4 Å². The van der Waals surface area contributed by atoms with E-state index >= 15 is 0 Å². The second kappa shape index (κ2) is 5.51. The number of ether oxygens (including phenoxy) is 1. The summed E-state index contributed by atoms with van der Waals surface area (Å²) in [4.78, 5) is 22.6. The first-order valence-corrected chi connectivity index (χ1v) is 5.85. The van der Waals surface area contributed by atoms with Crippen LogP contribution in [0, 0.1) is 0 Å². The number of aliphatic carboxylic acids is 1. The smallest absolute Gasteiger partial charge is 0.352 e. The highest BCUT2D eigenvalue weighted by Crippen LogP contribution is 2.21. The zero-order valence-corrected chi connectivity index (χ0v) is 10.5. The van der Waals surface area contributed by atoms with E-state index in [1.807, 2.05) is 18.2 Å². The highest BCUT2D eigenvalue weighted by molar-refractivity contribution is 6.36. The number of amides is 1. The number of carboxylic acids is 1. The molecule has 0 aliphatic carbocycles. The van der Waals surface area contributed by atoms with Gasteiger partial charge in [-0.3, -0.25) is 4.79 Å².